The monoisotopic (exact) mass is 353 g/mol. The lowest BCUT2D eigenvalue weighted by atomic mass is 9.84. The lowest BCUT2D eigenvalue weighted by Gasteiger charge is -2.30. The summed E-state index contributed by atoms with van der Waals surface area (Å²) in [5.41, 5.74) is 0.933. The third-order valence-electron chi connectivity index (χ3n) is 5.03. The lowest BCUT2D eigenvalue weighted by molar-refractivity contribution is -0.143. The first-order chi connectivity index (χ1) is 12.6. The van der Waals surface area contributed by atoms with E-state index in [2.05, 4.69) is 27.3 Å². The number of hydrogen-bond acceptors (Lipinski definition) is 4. The van der Waals surface area contributed by atoms with Crippen LogP contribution in [0.5, 0.6) is 0 Å². The summed E-state index contributed by atoms with van der Waals surface area (Å²) in [6.07, 6.45) is 5.76. The number of benzene rings is 1. The van der Waals surface area contributed by atoms with Crippen LogP contribution in [0.3, 0.4) is 0 Å². The molecule has 1 fully saturated rings. The largest absolute Gasteiger partial charge is 0.380 e. The Labute approximate surface area is 155 Å². The van der Waals surface area contributed by atoms with E-state index in [9.17, 15) is 9.90 Å². The smallest absolute Gasteiger partial charge is 0.252 e. The Bertz CT molecular complexity index is 727. The van der Waals surface area contributed by atoms with Gasteiger partial charge in [0, 0.05) is 31.9 Å². The number of nitrogens with zero attached hydrogens (tertiary/aromatic N) is 2. The van der Waals surface area contributed by atoms with Crippen molar-refractivity contribution in [2.45, 2.75) is 50.8 Å². The Hall–Kier alpha value is -2.40. The van der Waals surface area contributed by atoms with Crippen molar-refractivity contribution in [3.05, 3.63) is 59.8 Å². The molecule has 1 saturated carbocycles. The molecule has 2 N–H and O–H groups in total. The van der Waals surface area contributed by atoms with Gasteiger partial charge in [0.15, 0.2) is 0 Å². The highest BCUT2D eigenvalue weighted by atomic mass is 16.3. The number of anilines is 1. The van der Waals surface area contributed by atoms with Crippen LogP contribution in [0.2, 0.25) is 0 Å². The molecule has 1 aliphatic carbocycles. The molecule has 1 amide bonds. The van der Waals surface area contributed by atoms with Crippen LogP contribution in [-0.4, -0.2) is 28.6 Å². The first-order valence-electron chi connectivity index (χ1n) is 9.28. The van der Waals surface area contributed by atoms with Crippen molar-refractivity contribution in [1.29, 1.82) is 0 Å². The van der Waals surface area contributed by atoms with Crippen molar-refractivity contribution >= 4 is 11.7 Å². The number of pyridine rings is 1. The molecular formula is C21H27N3O2. The van der Waals surface area contributed by atoms with E-state index in [1.165, 1.54) is 5.56 Å². The molecule has 1 heterocycles. The van der Waals surface area contributed by atoms with Gasteiger partial charge in [0.05, 0.1) is 0 Å². The molecule has 1 aromatic heterocycles. The van der Waals surface area contributed by atoms with E-state index in [1.807, 2.05) is 37.4 Å². The first kappa shape index (κ1) is 18.4. The third kappa shape index (κ3) is 4.41. The number of carbonyl (C=O) groups excluding carboxylic acids is 1. The second-order valence-electron chi connectivity index (χ2n) is 7.10. The van der Waals surface area contributed by atoms with Crippen LogP contribution in [0.25, 0.3) is 0 Å². The minimum Gasteiger partial charge on any atom is -0.380 e. The number of rotatable bonds is 6. The molecule has 5 nitrogen and oxygen atoms in total. The van der Waals surface area contributed by atoms with Gasteiger partial charge in [-0.3, -0.25) is 4.79 Å². The number of amides is 1. The van der Waals surface area contributed by atoms with Crippen molar-refractivity contribution in [3.8, 4) is 0 Å². The highest BCUT2D eigenvalue weighted by molar-refractivity contribution is 5.85. The molecule has 5 heteroatoms. The number of nitrogens with one attached hydrogen (secondary N) is 1. The number of carbonyl (C=O) groups is 1. The predicted molar refractivity (Wildman–Crippen MR) is 103 cm³/mol. The van der Waals surface area contributed by atoms with E-state index in [0.29, 0.717) is 19.4 Å². The Morgan fingerprint density at radius 1 is 1.15 bits per heavy atom. The van der Waals surface area contributed by atoms with Gasteiger partial charge in [-0.1, -0.05) is 55.7 Å². The fourth-order valence-corrected chi connectivity index (χ4v) is 3.55. The van der Waals surface area contributed by atoms with Crippen LogP contribution in [0.15, 0.2) is 48.7 Å². The van der Waals surface area contributed by atoms with Gasteiger partial charge in [0.1, 0.15) is 11.4 Å². The van der Waals surface area contributed by atoms with Gasteiger partial charge in [-0.2, -0.15) is 0 Å². The molecule has 0 atom stereocenters. The molecule has 0 bridgehead atoms. The summed E-state index contributed by atoms with van der Waals surface area (Å²) < 4.78 is 0. The summed E-state index contributed by atoms with van der Waals surface area (Å²) in [5, 5.41) is 13.5. The maximum Gasteiger partial charge on any atom is 0.252 e. The SMILES string of the molecule is CN(Cc1ccccc1)c1ncccc1CNC(=O)C1(O)CCCCC1. The molecule has 3 rings (SSSR count). The maximum atomic E-state index is 12.5. The van der Waals surface area contributed by atoms with E-state index in [0.717, 1.165) is 37.2 Å². The molecule has 0 radical (unpaired) electrons. The van der Waals surface area contributed by atoms with Crippen molar-refractivity contribution in [3.63, 3.8) is 0 Å². The predicted octanol–water partition coefficient (Wildman–Crippen LogP) is 3.03. The fraction of sp³-hybridized carbons (Fsp3) is 0.429. The standard InChI is InChI=1S/C21H27N3O2/c1-24(16-17-9-4-2-5-10-17)19-18(11-8-14-22-19)15-23-20(25)21(26)12-6-3-7-13-21/h2,4-5,8-11,14,26H,3,6-7,12-13,15-16H2,1H3,(H,23,25). The van der Waals surface area contributed by atoms with Gasteiger partial charge in [-0.05, 0) is 24.5 Å². The lowest BCUT2D eigenvalue weighted by Crippen LogP contribution is -2.47. The third-order valence-corrected chi connectivity index (χ3v) is 5.03. The van der Waals surface area contributed by atoms with Crippen LogP contribution in [0.1, 0.15) is 43.2 Å². The van der Waals surface area contributed by atoms with Gasteiger partial charge in [-0.15, -0.1) is 0 Å². The number of aromatic nitrogens is 1. The Morgan fingerprint density at radius 2 is 1.88 bits per heavy atom. The van der Waals surface area contributed by atoms with Gasteiger partial charge in [0.2, 0.25) is 0 Å². The summed E-state index contributed by atoms with van der Waals surface area (Å²) in [6, 6.07) is 14.0. The zero-order valence-electron chi connectivity index (χ0n) is 15.3. The summed E-state index contributed by atoms with van der Waals surface area (Å²) in [5.74, 6) is 0.574. The highest BCUT2D eigenvalue weighted by Crippen LogP contribution is 2.28. The summed E-state index contributed by atoms with van der Waals surface area (Å²) in [7, 11) is 2.00. The average molecular weight is 353 g/mol. The van der Waals surface area contributed by atoms with Crippen molar-refractivity contribution < 1.29 is 9.90 Å². The second-order valence-corrected chi connectivity index (χ2v) is 7.10. The van der Waals surface area contributed by atoms with Gasteiger partial charge < -0.3 is 15.3 Å². The molecule has 1 aliphatic rings. The topological polar surface area (TPSA) is 65.5 Å². The summed E-state index contributed by atoms with van der Waals surface area (Å²) in [6.45, 7) is 1.10. The maximum absolute atomic E-state index is 12.5. The molecule has 0 unspecified atom stereocenters. The minimum atomic E-state index is -1.21. The molecule has 138 valence electrons. The summed E-state index contributed by atoms with van der Waals surface area (Å²) >= 11 is 0. The zero-order valence-corrected chi connectivity index (χ0v) is 15.3. The zero-order chi connectivity index (χ0) is 18.4. The molecule has 0 aliphatic heterocycles. The summed E-state index contributed by atoms with van der Waals surface area (Å²) in [4.78, 5) is 19.0. The van der Waals surface area contributed by atoms with E-state index in [-0.39, 0.29) is 5.91 Å². The fourth-order valence-electron chi connectivity index (χ4n) is 3.55. The van der Waals surface area contributed by atoms with Gasteiger partial charge >= 0.3 is 0 Å². The van der Waals surface area contributed by atoms with E-state index in [4.69, 9.17) is 0 Å². The molecular weight excluding hydrogens is 326 g/mol. The van der Waals surface area contributed by atoms with Crippen molar-refractivity contribution in [2.75, 3.05) is 11.9 Å². The van der Waals surface area contributed by atoms with E-state index < -0.39 is 5.60 Å². The van der Waals surface area contributed by atoms with Crippen LogP contribution >= 0.6 is 0 Å². The molecule has 26 heavy (non-hydrogen) atoms. The van der Waals surface area contributed by atoms with E-state index in [1.54, 1.807) is 6.20 Å². The number of aliphatic hydroxyl groups is 1. The Morgan fingerprint density at radius 3 is 2.62 bits per heavy atom. The number of hydrogen-bond donors (Lipinski definition) is 2. The van der Waals surface area contributed by atoms with Gasteiger partial charge in [0.25, 0.3) is 5.91 Å². The van der Waals surface area contributed by atoms with Crippen molar-refractivity contribution in [2.24, 2.45) is 0 Å². The Balaban J connectivity index is 1.66. The van der Waals surface area contributed by atoms with Crippen LogP contribution < -0.4 is 10.2 Å². The van der Waals surface area contributed by atoms with Gasteiger partial charge in [-0.25, -0.2) is 4.98 Å². The molecule has 2 aromatic rings. The molecule has 1 aromatic carbocycles. The van der Waals surface area contributed by atoms with Crippen molar-refractivity contribution in [1.82, 2.24) is 10.3 Å². The average Bonchev–Trinajstić information content (AvgIpc) is 2.67. The quantitative estimate of drug-likeness (QED) is 0.838. The molecule has 0 spiro atoms. The highest BCUT2D eigenvalue weighted by Gasteiger charge is 2.36. The first-order valence-corrected chi connectivity index (χ1v) is 9.28. The second kappa shape index (κ2) is 8.32. The van der Waals surface area contributed by atoms with Crippen LogP contribution in [0.4, 0.5) is 5.82 Å². The van der Waals surface area contributed by atoms with E-state index >= 15 is 0 Å². The normalized spacial score (nSPS) is 16.1. The minimum absolute atomic E-state index is 0.266. The van der Waals surface area contributed by atoms with Crippen LogP contribution in [0, 0.1) is 0 Å². The molecule has 0 saturated heterocycles. The van der Waals surface area contributed by atoms with Crippen LogP contribution in [-0.2, 0) is 17.9 Å². The Kier molecular flexibility index (Phi) is 5.89.